The minimum Gasteiger partial charge on any atom is -0.351 e. The Morgan fingerprint density at radius 1 is 1.45 bits per heavy atom. The van der Waals surface area contributed by atoms with Gasteiger partial charge in [-0.15, -0.1) is 0 Å². The number of non-ortho nitro benzene ring substituents is 1. The van der Waals surface area contributed by atoms with Gasteiger partial charge in [0.15, 0.2) is 5.69 Å². The third-order valence-electron chi connectivity index (χ3n) is 2.86. The number of carbonyl (C=O) groups is 1. The lowest BCUT2D eigenvalue weighted by molar-refractivity contribution is -0.384. The number of nitro benzene ring substituents is 1. The van der Waals surface area contributed by atoms with E-state index in [2.05, 4.69) is 20.8 Å². The quantitative estimate of drug-likeness (QED) is 0.411. The van der Waals surface area contributed by atoms with E-state index in [0.29, 0.717) is 17.4 Å². The Hall–Kier alpha value is -2.48. The van der Waals surface area contributed by atoms with Gasteiger partial charge in [0.05, 0.1) is 10.4 Å². The highest BCUT2D eigenvalue weighted by molar-refractivity contribution is 6.05. The Bertz CT molecular complexity index is 637. The number of benzene rings is 1. The third-order valence-corrected chi connectivity index (χ3v) is 2.86. The summed E-state index contributed by atoms with van der Waals surface area (Å²) in [5.41, 5.74) is 0.701. The van der Waals surface area contributed by atoms with Crippen molar-refractivity contribution in [2.75, 3.05) is 20.1 Å². The zero-order chi connectivity index (χ0) is 14.5. The number of amides is 1. The molecule has 0 aliphatic carbocycles. The summed E-state index contributed by atoms with van der Waals surface area (Å²) in [7, 11) is 1.84. The summed E-state index contributed by atoms with van der Waals surface area (Å²) in [6, 6.07) is 4.26. The molecule has 0 saturated heterocycles. The molecule has 0 atom stereocenters. The first-order valence-electron chi connectivity index (χ1n) is 6.19. The van der Waals surface area contributed by atoms with Gasteiger partial charge in [-0.05, 0) is 26.1 Å². The number of aromatic amines is 1. The molecule has 0 unspecified atom stereocenters. The smallest absolute Gasteiger partial charge is 0.272 e. The molecular formula is C12H15N5O3. The van der Waals surface area contributed by atoms with Crippen molar-refractivity contribution in [2.24, 2.45) is 0 Å². The maximum atomic E-state index is 12.0. The Morgan fingerprint density at radius 2 is 2.25 bits per heavy atom. The van der Waals surface area contributed by atoms with E-state index in [1.54, 1.807) is 0 Å². The van der Waals surface area contributed by atoms with Crippen molar-refractivity contribution in [3.63, 3.8) is 0 Å². The summed E-state index contributed by atoms with van der Waals surface area (Å²) in [6.07, 6.45) is 0.796. The monoisotopic (exact) mass is 277 g/mol. The molecule has 0 aliphatic heterocycles. The summed E-state index contributed by atoms with van der Waals surface area (Å²) in [6.45, 7) is 1.32. The largest absolute Gasteiger partial charge is 0.351 e. The van der Waals surface area contributed by atoms with E-state index in [1.165, 1.54) is 18.2 Å². The normalized spacial score (nSPS) is 10.7. The number of hydrogen-bond acceptors (Lipinski definition) is 5. The molecule has 0 aliphatic rings. The predicted molar refractivity (Wildman–Crippen MR) is 73.6 cm³/mol. The molecule has 8 heteroatoms. The van der Waals surface area contributed by atoms with Gasteiger partial charge in [0, 0.05) is 24.1 Å². The van der Waals surface area contributed by atoms with E-state index in [9.17, 15) is 14.9 Å². The molecule has 0 bridgehead atoms. The number of nitrogens with one attached hydrogen (secondary N) is 3. The molecule has 1 aromatic heterocycles. The topological polar surface area (TPSA) is 113 Å². The van der Waals surface area contributed by atoms with E-state index >= 15 is 0 Å². The number of carbonyl (C=O) groups excluding carboxylic acids is 1. The molecule has 8 nitrogen and oxygen atoms in total. The van der Waals surface area contributed by atoms with Crippen LogP contribution in [0.5, 0.6) is 0 Å². The van der Waals surface area contributed by atoms with Crippen LogP contribution in [0.25, 0.3) is 10.9 Å². The summed E-state index contributed by atoms with van der Waals surface area (Å²) in [5.74, 6) is -0.340. The van der Waals surface area contributed by atoms with Crippen LogP contribution in [-0.2, 0) is 0 Å². The van der Waals surface area contributed by atoms with Crippen LogP contribution in [0.4, 0.5) is 5.69 Å². The standard InChI is InChI=1S/C12H15N5O3/c1-13-5-2-6-14-12(18)11-9-7-8(17(19)20)3-4-10(9)15-16-11/h3-4,7,13H,2,5-6H2,1H3,(H,14,18)(H,15,16). The van der Waals surface area contributed by atoms with Gasteiger partial charge in [0.1, 0.15) is 0 Å². The number of nitro groups is 1. The highest BCUT2D eigenvalue weighted by atomic mass is 16.6. The summed E-state index contributed by atoms with van der Waals surface area (Å²) < 4.78 is 0. The first kappa shape index (κ1) is 13.9. The first-order chi connectivity index (χ1) is 9.63. The van der Waals surface area contributed by atoms with Crippen molar-refractivity contribution in [1.29, 1.82) is 0 Å². The Labute approximate surface area is 114 Å². The molecule has 0 radical (unpaired) electrons. The van der Waals surface area contributed by atoms with Gasteiger partial charge in [-0.1, -0.05) is 0 Å². The van der Waals surface area contributed by atoms with E-state index in [0.717, 1.165) is 13.0 Å². The summed E-state index contributed by atoms with van der Waals surface area (Å²) in [4.78, 5) is 22.2. The van der Waals surface area contributed by atoms with Crippen LogP contribution in [-0.4, -0.2) is 41.2 Å². The molecular weight excluding hydrogens is 262 g/mol. The van der Waals surface area contributed by atoms with Crippen molar-refractivity contribution in [3.05, 3.63) is 34.0 Å². The highest BCUT2D eigenvalue weighted by Gasteiger charge is 2.16. The predicted octanol–water partition coefficient (Wildman–Crippen LogP) is 0.810. The van der Waals surface area contributed by atoms with Crippen molar-refractivity contribution < 1.29 is 9.72 Å². The molecule has 0 spiro atoms. The number of rotatable bonds is 6. The number of H-pyrrole nitrogens is 1. The molecule has 0 saturated carbocycles. The fourth-order valence-electron chi connectivity index (χ4n) is 1.84. The van der Waals surface area contributed by atoms with E-state index in [4.69, 9.17) is 0 Å². The van der Waals surface area contributed by atoms with Gasteiger partial charge in [0.25, 0.3) is 11.6 Å². The second kappa shape index (κ2) is 6.11. The Kier molecular flexibility index (Phi) is 4.26. The molecule has 106 valence electrons. The lowest BCUT2D eigenvalue weighted by Crippen LogP contribution is -2.27. The Balaban J connectivity index is 2.18. The molecule has 0 fully saturated rings. The second-order valence-electron chi connectivity index (χ2n) is 4.27. The molecule has 20 heavy (non-hydrogen) atoms. The lowest BCUT2D eigenvalue weighted by Gasteiger charge is -2.02. The van der Waals surface area contributed by atoms with Gasteiger partial charge in [-0.3, -0.25) is 20.0 Å². The van der Waals surface area contributed by atoms with E-state index in [-0.39, 0.29) is 17.3 Å². The minimum atomic E-state index is -0.499. The van der Waals surface area contributed by atoms with Crippen LogP contribution in [0.2, 0.25) is 0 Å². The van der Waals surface area contributed by atoms with Gasteiger partial charge < -0.3 is 10.6 Å². The van der Waals surface area contributed by atoms with Crippen LogP contribution in [0, 0.1) is 10.1 Å². The SMILES string of the molecule is CNCCCNC(=O)c1n[nH]c2ccc([N+](=O)[O-])cc12. The zero-order valence-corrected chi connectivity index (χ0v) is 11.0. The number of nitrogens with zero attached hydrogens (tertiary/aromatic N) is 2. The number of hydrogen-bond donors (Lipinski definition) is 3. The molecule has 2 rings (SSSR count). The zero-order valence-electron chi connectivity index (χ0n) is 11.0. The van der Waals surface area contributed by atoms with Crippen molar-refractivity contribution in [3.8, 4) is 0 Å². The molecule has 1 heterocycles. The van der Waals surface area contributed by atoms with Gasteiger partial charge in [-0.25, -0.2) is 0 Å². The maximum absolute atomic E-state index is 12.0. The summed E-state index contributed by atoms with van der Waals surface area (Å²) >= 11 is 0. The van der Waals surface area contributed by atoms with E-state index in [1.807, 2.05) is 7.05 Å². The maximum Gasteiger partial charge on any atom is 0.272 e. The third kappa shape index (κ3) is 2.91. The van der Waals surface area contributed by atoms with Crippen LogP contribution >= 0.6 is 0 Å². The average Bonchev–Trinajstić information content (AvgIpc) is 2.86. The van der Waals surface area contributed by atoms with Gasteiger partial charge in [0.2, 0.25) is 0 Å². The number of fused-ring (bicyclic) bond motifs is 1. The molecule has 1 aromatic carbocycles. The number of aromatic nitrogens is 2. The summed E-state index contributed by atoms with van der Waals surface area (Å²) in [5, 5.41) is 23.5. The van der Waals surface area contributed by atoms with Crippen LogP contribution < -0.4 is 10.6 Å². The fourth-order valence-corrected chi connectivity index (χ4v) is 1.84. The molecule has 3 N–H and O–H groups in total. The molecule has 1 amide bonds. The lowest BCUT2D eigenvalue weighted by atomic mass is 10.2. The second-order valence-corrected chi connectivity index (χ2v) is 4.27. The van der Waals surface area contributed by atoms with Crippen molar-refractivity contribution >= 4 is 22.5 Å². The van der Waals surface area contributed by atoms with Crippen LogP contribution in [0.3, 0.4) is 0 Å². The van der Waals surface area contributed by atoms with Gasteiger partial charge >= 0.3 is 0 Å². The van der Waals surface area contributed by atoms with Crippen LogP contribution in [0.1, 0.15) is 16.9 Å². The minimum absolute atomic E-state index is 0.0665. The first-order valence-corrected chi connectivity index (χ1v) is 6.19. The van der Waals surface area contributed by atoms with E-state index < -0.39 is 4.92 Å². The fraction of sp³-hybridized carbons (Fsp3) is 0.333. The van der Waals surface area contributed by atoms with Crippen molar-refractivity contribution in [1.82, 2.24) is 20.8 Å². The highest BCUT2D eigenvalue weighted by Crippen LogP contribution is 2.21. The van der Waals surface area contributed by atoms with Gasteiger partial charge in [-0.2, -0.15) is 5.10 Å². The average molecular weight is 277 g/mol. The van der Waals surface area contributed by atoms with Crippen LogP contribution in [0.15, 0.2) is 18.2 Å². The Morgan fingerprint density at radius 3 is 2.95 bits per heavy atom. The van der Waals surface area contributed by atoms with Crippen molar-refractivity contribution in [2.45, 2.75) is 6.42 Å². The molecule has 2 aromatic rings.